The largest absolute Gasteiger partial charge is 1.00 e. The van der Waals surface area contributed by atoms with Gasteiger partial charge in [0.05, 0.1) is 17.0 Å². The zero-order valence-electron chi connectivity index (χ0n) is 15.6. The smallest absolute Gasteiger partial charge is 0.545 e. The first-order valence-corrected chi connectivity index (χ1v) is 8.55. The van der Waals surface area contributed by atoms with E-state index in [1.54, 1.807) is 12.4 Å². The van der Waals surface area contributed by atoms with E-state index in [1.807, 2.05) is 32.2 Å². The van der Waals surface area contributed by atoms with Gasteiger partial charge in [-0.15, -0.1) is 0 Å². The molecular formula is C20H18KN3O3. The number of nitrogens with one attached hydrogen (secondary N) is 1. The van der Waals surface area contributed by atoms with Crippen LogP contribution < -0.4 is 67.4 Å². The molecule has 3 heterocycles. The summed E-state index contributed by atoms with van der Waals surface area (Å²) in [5, 5.41) is 14.3. The third-order valence-corrected chi connectivity index (χ3v) is 4.98. The number of hydrogen-bond acceptors (Lipinski definition) is 5. The average molecular weight is 387 g/mol. The van der Waals surface area contributed by atoms with Gasteiger partial charge in [-0.3, -0.25) is 9.20 Å². The standard InChI is InChI=1S/C20H19N3O3.K/c1-11-14(13-5-6-17(21-2)22-10-13)7-8-23-18(11)15(12-3-4-12)9-16(19(23)24)20(25)26;/h5-10,12H,3-4H2,1-2H3,(H,21,22)(H,25,26);/q;+1/p-1. The van der Waals surface area contributed by atoms with Gasteiger partial charge in [-0.25, -0.2) is 4.98 Å². The number of aromatic nitrogens is 2. The van der Waals surface area contributed by atoms with Crippen LogP contribution in [0.4, 0.5) is 5.82 Å². The number of carboxylic acids is 1. The molecule has 1 saturated carbocycles. The van der Waals surface area contributed by atoms with Crippen LogP contribution in [0.15, 0.2) is 41.5 Å². The molecule has 3 aromatic rings. The van der Waals surface area contributed by atoms with Crippen molar-refractivity contribution < 1.29 is 61.3 Å². The van der Waals surface area contributed by atoms with Crippen molar-refractivity contribution in [1.82, 2.24) is 9.38 Å². The zero-order valence-corrected chi connectivity index (χ0v) is 18.7. The molecule has 4 rings (SSSR count). The minimum absolute atomic E-state index is 0. The maximum absolute atomic E-state index is 12.6. The summed E-state index contributed by atoms with van der Waals surface area (Å²) in [4.78, 5) is 28.3. The molecule has 0 bridgehead atoms. The van der Waals surface area contributed by atoms with Crippen LogP contribution in [0.1, 0.15) is 40.2 Å². The third kappa shape index (κ3) is 3.62. The summed E-state index contributed by atoms with van der Waals surface area (Å²) in [6.45, 7) is 1.96. The van der Waals surface area contributed by atoms with Crippen molar-refractivity contribution >= 4 is 17.3 Å². The number of pyridine rings is 3. The molecule has 1 aliphatic carbocycles. The SMILES string of the molecule is CNc1ccc(-c2ccn3c(=O)c(C(=O)[O-])cc(C4CC4)c3c2C)cn1.[K+]. The summed E-state index contributed by atoms with van der Waals surface area (Å²) in [5.41, 5.74) is 3.72. The van der Waals surface area contributed by atoms with E-state index in [1.165, 1.54) is 10.5 Å². The Bertz CT molecular complexity index is 1090. The fourth-order valence-electron chi connectivity index (χ4n) is 3.46. The molecule has 6 nitrogen and oxygen atoms in total. The number of carbonyl (C=O) groups is 1. The molecule has 0 aromatic carbocycles. The van der Waals surface area contributed by atoms with Crippen LogP contribution in [-0.2, 0) is 0 Å². The van der Waals surface area contributed by atoms with Crippen LogP contribution >= 0.6 is 0 Å². The first-order chi connectivity index (χ1) is 12.5. The van der Waals surface area contributed by atoms with Crippen molar-refractivity contribution in [3.05, 3.63) is 63.7 Å². The van der Waals surface area contributed by atoms with Crippen molar-refractivity contribution in [2.45, 2.75) is 25.7 Å². The van der Waals surface area contributed by atoms with Crippen molar-refractivity contribution in [2.75, 3.05) is 12.4 Å². The number of rotatable bonds is 4. The van der Waals surface area contributed by atoms with Crippen LogP contribution in [0.2, 0.25) is 0 Å². The molecule has 0 atom stereocenters. The molecule has 0 amide bonds. The van der Waals surface area contributed by atoms with Crippen LogP contribution in [0.3, 0.4) is 0 Å². The van der Waals surface area contributed by atoms with Crippen LogP contribution in [0.5, 0.6) is 0 Å². The summed E-state index contributed by atoms with van der Waals surface area (Å²) in [6, 6.07) is 7.20. The van der Waals surface area contributed by atoms with Gasteiger partial charge in [0.2, 0.25) is 0 Å². The maximum atomic E-state index is 12.6. The number of anilines is 1. The molecule has 0 saturated heterocycles. The van der Waals surface area contributed by atoms with Gasteiger partial charge in [0.15, 0.2) is 0 Å². The molecule has 0 aliphatic heterocycles. The van der Waals surface area contributed by atoms with Crippen molar-refractivity contribution in [3.8, 4) is 11.1 Å². The number of aromatic carboxylic acids is 1. The first-order valence-electron chi connectivity index (χ1n) is 8.55. The fraction of sp³-hybridized carbons (Fsp3) is 0.250. The summed E-state index contributed by atoms with van der Waals surface area (Å²) in [7, 11) is 1.81. The number of fused-ring (bicyclic) bond motifs is 1. The van der Waals surface area contributed by atoms with Crippen LogP contribution in [0.25, 0.3) is 16.6 Å². The third-order valence-electron chi connectivity index (χ3n) is 4.98. The molecule has 0 unspecified atom stereocenters. The summed E-state index contributed by atoms with van der Waals surface area (Å²) in [5.74, 6) is -0.358. The molecule has 3 aromatic heterocycles. The summed E-state index contributed by atoms with van der Waals surface area (Å²) in [6.07, 6.45) is 5.43. The second-order valence-electron chi connectivity index (χ2n) is 6.64. The first kappa shape index (κ1) is 20.2. The van der Waals surface area contributed by atoms with E-state index < -0.39 is 11.5 Å². The Morgan fingerprint density at radius 1 is 1.30 bits per heavy atom. The van der Waals surface area contributed by atoms with Gasteiger partial charge >= 0.3 is 51.4 Å². The van der Waals surface area contributed by atoms with E-state index in [2.05, 4.69) is 10.3 Å². The second-order valence-corrected chi connectivity index (χ2v) is 6.64. The minimum Gasteiger partial charge on any atom is -0.545 e. The maximum Gasteiger partial charge on any atom is 1.00 e. The van der Waals surface area contributed by atoms with E-state index in [4.69, 9.17) is 0 Å². The number of hydrogen-bond donors (Lipinski definition) is 1. The molecule has 1 aliphatic rings. The fourth-order valence-corrected chi connectivity index (χ4v) is 3.46. The van der Waals surface area contributed by atoms with E-state index in [0.717, 1.165) is 46.4 Å². The number of nitrogens with zero attached hydrogens (tertiary/aromatic N) is 2. The molecular weight excluding hydrogens is 369 g/mol. The van der Waals surface area contributed by atoms with Crippen LogP contribution in [0, 0.1) is 6.92 Å². The Kier molecular flexibility index (Phi) is 5.88. The molecule has 1 N–H and O–H groups in total. The van der Waals surface area contributed by atoms with Gasteiger partial charge in [-0.05, 0) is 66.6 Å². The molecule has 7 heteroatoms. The van der Waals surface area contributed by atoms with Crippen molar-refractivity contribution in [1.29, 1.82) is 0 Å². The Labute approximate surface area is 199 Å². The normalized spacial score (nSPS) is 13.3. The number of aryl methyl sites for hydroxylation is 1. The quantitative estimate of drug-likeness (QED) is 0.578. The summed E-state index contributed by atoms with van der Waals surface area (Å²) < 4.78 is 1.44. The number of carbonyl (C=O) groups excluding carboxylic acids is 1. The topological polar surface area (TPSA) is 86.5 Å². The van der Waals surface area contributed by atoms with Gasteiger partial charge in [0.25, 0.3) is 5.56 Å². The zero-order chi connectivity index (χ0) is 18.4. The molecule has 0 radical (unpaired) electrons. The van der Waals surface area contributed by atoms with Crippen molar-refractivity contribution in [3.63, 3.8) is 0 Å². The molecule has 1 fully saturated rings. The molecule has 0 spiro atoms. The Morgan fingerprint density at radius 2 is 2.04 bits per heavy atom. The Morgan fingerprint density at radius 3 is 2.59 bits per heavy atom. The van der Waals surface area contributed by atoms with Gasteiger partial charge in [0, 0.05) is 25.0 Å². The van der Waals surface area contributed by atoms with Gasteiger partial charge in [-0.1, -0.05) is 0 Å². The Balaban J connectivity index is 0.00000210. The van der Waals surface area contributed by atoms with E-state index >= 15 is 0 Å². The minimum atomic E-state index is -1.43. The average Bonchev–Trinajstić information content (AvgIpc) is 3.47. The molecule has 132 valence electrons. The van der Waals surface area contributed by atoms with Crippen LogP contribution in [-0.4, -0.2) is 22.4 Å². The number of carboxylic acid groups (broad SMARTS) is 1. The van der Waals surface area contributed by atoms with Crippen molar-refractivity contribution in [2.24, 2.45) is 0 Å². The van der Waals surface area contributed by atoms with E-state index in [-0.39, 0.29) is 56.9 Å². The Hall–Kier alpha value is -1.51. The van der Waals surface area contributed by atoms with E-state index in [0.29, 0.717) is 5.92 Å². The predicted octanol–water partition coefficient (Wildman–Crippen LogP) is -1.04. The van der Waals surface area contributed by atoms with Gasteiger partial charge < -0.3 is 15.2 Å². The van der Waals surface area contributed by atoms with Gasteiger partial charge in [0.1, 0.15) is 5.82 Å². The summed E-state index contributed by atoms with van der Waals surface area (Å²) >= 11 is 0. The predicted molar refractivity (Wildman–Crippen MR) is 97.5 cm³/mol. The molecule has 27 heavy (non-hydrogen) atoms. The van der Waals surface area contributed by atoms with E-state index in [9.17, 15) is 14.7 Å². The monoisotopic (exact) mass is 387 g/mol. The van der Waals surface area contributed by atoms with Gasteiger partial charge in [-0.2, -0.15) is 0 Å². The second kappa shape index (κ2) is 7.85.